The minimum atomic E-state index is 0.318. The molecule has 0 aliphatic carbocycles. The molecule has 0 aliphatic rings. The van der Waals surface area contributed by atoms with Gasteiger partial charge in [0.05, 0.1) is 23.0 Å². The lowest BCUT2D eigenvalue weighted by atomic mass is 10.0. The topological polar surface area (TPSA) is 29.9 Å². The third-order valence-electron chi connectivity index (χ3n) is 3.15. The first-order chi connectivity index (χ1) is 8.61. The van der Waals surface area contributed by atoms with Crippen LogP contribution in [0.4, 0.5) is 0 Å². The maximum Gasteiger partial charge on any atom is 0.0834 e. The number of halogens is 1. The van der Waals surface area contributed by atoms with Gasteiger partial charge in [0.15, 0.2) is 0 Å². The van der Waals surface area contributed by atoms with Crippen molar-refractivity contribution in [3.05, 3.63) is 16.9 Å². The molecule has 4 heteroatoms. The van der Waals surface area contributed by atoms with Crippen molar-refractivity contribution in [2.24, 2.45) is 0 Å². The van der Waals surface area contributed by atoms with E-state index >= 15 is 0 Å². The van der Waals surface area contributed by atoms with Crippen LogP contribution in [0.15, 0.2) is 6.20 Å². The summed E-state index contributed by atoms with van der Waals surface area (Å²) in [5.41, 5.74) is 1.14. The molecular formula is C14H26ClN3. The van der Waals surface area contributed by atoms with Crippen molar-refractivity contribution in [1.29, 1.82) is 0 Å². The van der Waals surface area contributed by atoms with Gasteiger partial charge in [-0.1, -0.05) is 44.7 Å². The van der Waals surface area contributed by atoms with E-state index in [-0.39, 0.29) is 0 Å². The van der Waals surface area contributed by atoms with Crippen LogP contribution in [0.25, 0.3) is 0 Å². The van der Waals surface area contributed by atoms with Crippen LogP contribution in [-0.2, 0) is 0 Å². The van der Waals surface area contributed by atoms with Gasteiger partial charge < -0.3 is 5.32 Å². The highest BCUT2D eigenvalue weighted by Gasteiger charge is 2.20. The maximum absolute atomic E-state index is 6.31. The molecule has 1 unspecified atom stereocenters. The number of nitrogens with one attached hydrogen (secondary N) is 1. The van der Waals surface area contributed by atoms with Crippen LogP contribution in [0.3, 0.4) is 0 Å². The van der Waals surface area contributed by atoms with Gasteiger partial charge in [-0.05, 0) is 26.8 Å². The van der Waals surface area contributed by atoms with Gasteiger partial charge in [-0.25, -0.2) is 0 Å². The smallest absolute Gasteiger partial charge is 0.0834 e. The Hall–Kier alpha value is -0.540. The summed E-state index contributed by atoms with van der Waals surface area (Å²) >= 11 is 6.31. The van der Waals surface area contributed by atoms with E-state index in [1.165, 1.54) is 19.3 Å². The number of hydrogen-bond donors (Lipinski definition) is 1. The Morgan fingerprint density at radius 1 is 1.33 bits per heavy atom. The standard InChI is InChI=1S/C14H26ClN3/c1-5-7-8-9-13(16-6-2)14-12(15)10-17-18(14)11(3)4/h10-11,13,16H,5-9H2,1-4H3. The minimum Gasteiger partial charge on any atom is -0.309 e. The Morgan fingerprint density at radius 3 is 2.61 bits per heavy atom. The Kier molecular flexibility index (Phi) is 6.72. The summed E-state index contributed by atoms with van der Waals surface area (Å²) in [7, 11) is 0. The van der Waals surface area contributed by atoms with Crippen LogP contribution in [0.5, 0.6) is 0 Å². The van der Waals surface area contributed by atoms with E-state index in [0.717, 1.165) is 23.7 Å². The number of nitrogens with zero attached hydrogens (tertiary/aromatic N) is 2. The lowest BCUT2D eigenvalue weighted by Gasteiger charge is -2.21. The Balaban J connectivity index is 2.86. The fraction of sp³-hybridized carbons (Fsp3) is 0.786. The quantitative estimate of drug-likeness (QED) is 0.713. The average molecular weight is 272 g/mol. The molecule has 0 fully saturated rings. The Bertz CT molecular complexity index is 347. The van der Waals surface area contributed by atoms with E-state index in [1.54, 1.807) is 6.20 Å². The van der Waals surface area contributed by atoms with Crippen LogP contribution in [0.2, 0.25) is 5.02 Å². The molecule has 3 nitrogen and oxygen atoms in total. The van der Waals surface area contributed by atoms with Crippen molar-refractivity contribution in [2.75, 3.05) is 6.54 Å². The number of aromatic nitrogens is 2. The average Bonchev–Trinajstić information content (AvgIpc) is 2.70. The van der Waals surface area contributed by atoms with Gasteiger partial charge in [-0.15, -0.1) is 0 Å². The molecule has 0 aromatic carbocycles. The molecule has 0 radical (unpaired) electrons. The molecule has 0 amide bonds. The second-order valence-electron chi connectivity index (χ2n) is 5.02. The molecule has 1 aromatic heterocycles. The molecule has 1 N–H and O–H groups in total. The zero-order chi connectivity index (χ0) is 13.5. The van der Waals surface area contributed by atoms with Crippen molar-refractivity contribution in [2.45, 2.75) is 65.5 Å². The lowest BCUT2D eigenvalue weighted by Crippen LogP contribution is -2.25. The molecule has 0 bridgehead atoms. The summed E-state index contributed by atoms with van der Waals surface area (Å²) in [4.78, 5) is 0. The zero-order valence-corrected chi connectivity index (χ0v) is 12.8. The molecule has 104 valence electrons. The highest BCUT2D eigenvalue weighted by Crippen LogP contribution is 2.28. The van der Waals surface area contributed by atoms with E-state index < -0.39 is 0 Å². The van der Waals surface area contributed by atoms with Crippen molar-refractivity contribution < 1.29 is 0 Å². The number of hydrogen-bond acceptors (Lipinski definition) is 2. The van der Waals surface area contributed by atoms with Gasteiger partial charge >= 0.3 is 0 Å². The Morgan fingerprint density at radius 2 is 2.06 bits per heavy atom. The normalized spacial score (nSPS) is 13.2. The van der Waals surface area contributed by atoms with E-state index in [4.69, 9.17) is 11.6 Å². The van der Waals surface area contributed by atoms with Crippen molar-refractivity contribution >= 4 is 11.6 Å². The van der Waals surface area contributed by atoms with Gasteiger partial charge in [-0.3, -0.25) is 4.68 Å². The van der Waals surface area contributed by atoms with Crippen LogP contribution < -0.4 is 5.32 Å². The highest BCUT2D eigenvalue weighted by atomic mass is 35.5. The molecule has 0 saturated carbocycles. The molecule has 0 aliphatic heterocycles. The van der Waals surface area contributed by atoms with Crippen molar-refractivity contribution in [3.63, 3.8) is 0 Å². The van der Waals surface area contributed by atoms with Gasteiger partial charge in [0.1, 0.15) is 0 Å². The first-order valence-electron chi connectivity index (χ1n) is 7.08. The van der Waals surface area contributed by atoms with Crippen LogP contribution in [0.1, 0.15) is 71.2 Å². The summed E-state index contributed by atoms with van der Waals surface area (Å²) in [6.07, 6.45) is 6.64. The minimum absolute atomic E-state index is 0.318. The first kappa shape index (κ1) is 15.5. The summed E-state index contributed by atoms with van der Waals surface area (Å²) in [6, 6.07) is 0.666. The predicted molar refractivity (Wildman–Crippen MR) is 78.2 cm³/mol. The fourth-order valence-electron chi connectivity index (χ4n) is 2.27. The molecule has 1 atom stereocenters. The van der Waals surface area contributed by atoms with E-state index in [9.17, 15) is 0 Å². The molecule has 1 heterocycles. The summed E-state index contributed by atoms with van der Waals surface area (Å²) in [5, 5.41) is 8.71. The Labute approximate surface area is 116 Å². The third-order valence-corrected chi connectivity index (χ3v) is 3.44. The fourth-order valence-corrected chi connectivity index (χ4v) is 2.53. The second-order valence-corrected chi connectivity index (χ2v) is 5.43. The van der Waals surface area contributed by atoms with Crippen molar-refractivity contribution in [1.82, 2.24) is 15.1 Å². The number of rotatable bonds is 8. The summed E-state index contributed by atoms with van der Waals surface area (Å²) in [5.74, 6) is 0. The van der Waals surface area contributed by atoms with E-state index in [0.29, 0.717) is 12.1 Å². The molecule has 0 saturated heterocycles. The highest BCUT2D eigenvalue weighted by molar-refractivity contribution is 6.31. The monoisotopic (exact) mass is 271 g/mol. The molecular weight excluding hydrogens is 246 g/mol. The van der Waals surface area contributed by atoms with Gasteiger partial charge in [-0.2, -0.15) is 5.10 Å². The maximum atomic E-state index is 6.31. The van der Waals surface area contributed by atoms with Gasteiger partial charge in [0.2, 0.25) is 0 Å². The second kappa shape index (κ2) is 7.80. The summed E-state index contributed by atoms with van der Waals surface area (Å²) in [6.45, 7) is 9.60. The van der Waals surface area contributed by atoms with E-state index in [2.05, 4.69) is 38.1 Å². The molecule has 0 spiro atoms. The summed E-state index contributed by atoms with van der Waals surface area (Å²) < 4.78 is 2.04. The SMILES string of the molecule is CCCCCC(NCC)c1c(Cl)cnn1C(C)C. The van der Waals surface area contributed by atoms with Gasteiger partial charge in [0.25, 0.3) is 0 Å². The lowest BCUT2D eigenvalue weighted by molar-refractivity contribution is 0.422. The van der Waals surface area contributed by atoms with Crippen molar-refractivity contribution in [3.8, 4) is 0 Å². The first-order valence-corrected chi connectivity index (χ1v) is 7.45. The zero-order valence-electron chi connectivity index (χ0n) is 12.0. The largest absolute Gasteiger partial charge is 0.309 e. The van der Waals surface area contributed by atoms with E-state index in [1.807, 2.05) is 4.68 Å². The number of unbranched alkanes of at least 4 members (excludes halogenated alkanes) is 2. The van der Waals surface area contributed by atoms with Crippen LogP contribution >= 0.6 is 11.6 Å². The third kappa shape index (κ3) is 3.99. The predicted octanol–water partition coefficient (Wildman–Crippen LogP) is 4.35. The molecule has 18 heavy (non-hydrogen) atoms. The molecule has 1 rings (SSSR count). The van der Waals surface area contributed by atoms with Crippen LogP contribution in [0, 0.1) is 0 Å². The van der Waals surface area contributed by atoms with Crippen LogP contribution in [-0.4, -0.2) is 16.3 Å². The molecule has 1 aromatic rings. The van der Waals surface area contributed by atoms with Gasteiger partial charge in [0, 0.05) is 6.04 Å².